The highest BCUT2D eigenvalue weighted by Gasteiger charge is 2.21. The van der Waals surface area contributed by atoms with Crippen LogP contribution in [-0.4, -0.2) is 86.4 Å². The molecule has 0 spiro atoms. The molecule has 2 aromatic carbocycles. The van der Waals surface area contributed by atoms with Gasteiger partial charge in [-0.05, 0) is 73.7 Å². The number of carboxylic acids is 3. The molecule has 12 heteroatoms. The molecule has 0 atom stereocenters. The molecule has 2 aromatic rings. The first-order valence-corrected chi connectivity index (χ1v) is 14.2. The average Bonchev–Trinajstić information content (AvgIpc) is 3.11. The van der Waals surface area contributed by atoms with Gasteiger partial charge in [-0.15, -0.1) is 0 Å². The van der Waals surface area contributed by atoms with Crippen LogP contribution >= 0.6 is 11.6 Å². The van der Waals surface area contributed by atoms with Crippen molar-refractivity contribution >= 4 is 40.9 Å². The first-order valence-electron chi connectivity index (χ1n) is 13.8. The van der Waals surface area contributed by atoms with Gasteiger partial charge in [0, 0.05) is 54.8 Å². The van der Waals surface area contributed by atoms with E-state index in [9.17, 15) is 14.4 Å². The quantitative estimate of drug-likeness (QED) is 0.148. The molecule has 4 N–H and O–H groups in total. The number of hydrogen-bond donors (Lipinski definition) is 4. The molecule has 1 aliphatic heterocycles. The first kappa shape index (κ1) is 35.3. The summed E-state index contributed by atoms with van der Waals surface area (Å²) in [6, 6.07) is 12.4. The Morgan fingerprint density at radius 1 is 0.860 bits per heavy atom. The van der Waals surface area contributed by atoms with E-state index < -0.39 is 17.9 Å². The number of methoxy groups -OCH3 is 1. The van der Waals surface area contributed by atoms with E-state index >= 15 is 0 Å². The van der Waals surface area contributed by atoms with Crippen LogP contribution in [0.3, 0.4) is 0 Å². The molecular weight excluding hydrogens is 580 g/mol. The smallest absolute Gasteiger partial charge is 0.328 e. The van der Waals surface area contributed by atoms with Crippen LogP contribution in [0.15, 0.2) is 60.7 Å². The summed E-state index contributed by atoms with van der Waals surface area (Å²) in [5, 5.41) is 28.3. The number of hydrogen-bond acceptors (Lipinski definition) is 8. The molecule has 0 saturated heterocycles. The van der Waals surface area contributed by atoms with E-state index in [1.54, 1.807) is 13.2 Å². The molecule has 0 radical (unpaired) electrons. The van der Waals surface area contributed by atoms with Gasteiger partial charge >= 0.3 is 17.9 Å². The van der Waals surface area contributed by atoms with Crippen molar-refractivity contribution in [2.24, 2.45) is 0 Å². The molecule has 1 aliphatic rings. The lowest BCUT2D eigenvalue weighted by atomic mass is 10.0. The molecule has 0 saturated carbocycles. The van der Waals surface area contributed by atoms with Crippen molar-refractivity contribution in [2.75, 3.05) is 58.1 Å². The molecular formula is C31H39ClN2O9. The molecule has 0 bridgehead atoms. The minimum absolute atomic E-state index is 0.497. The van der Waals surface area contributed by atoms with E-state index in [1.165, 1.54) is 16.8 Å². The van der Waals surface area contributed by atoms with Crippen LogP contribution in [0.25, 0.3) is 0 Å². The van der Waals surface area contributed by atoms with Crippen molar-refractivity contribution in [3.05, 3.63) is 76.9 Å². The van der Waals surface area contributed by atoms with Gasteiger partial charge in [0.05, 0.1) is 19.8 Å². The number of anilines is 2. The maximum atomic E-state index is 10.5. The molecule has 0 amide bonds. The molecule has 0 aliphatic carbocycles. The highest BCUT2D eigenvalue weighted by Crippen LogP contribution is 2.39. The van der Waals surface area contributed by atoms with E-state index in [0.29, 0.717) is 45.1 Å². The Labute approximate surface area is 256 Å². The fourth-order valence-electron chi connectivity index (χ4n) is 4.23. The van der Waals surface area contributed by atoms with Crippen molar-refractivity contribution in [2.45, 2.75) is 25.7 Å². The van der Waals surface area contributed by atoms with Crippen molar-refractivity contribution in [1.29, 1.82) is 0 Å². The molecule has 1 heterocycles. The molecule has 43 heavy (non-hydrogen) atoms. The highest BCUT2D eigenvalue weighted by molar-refractivity contribution is 6.30. The number of aliphatic carboxylic acids is 3. The van der Waals surface area contributed by atoms with Crippen molar-refractivity contribution < 1.29 is 43.9 Å². The minimum Gasteiger partial charge on any atom is -0.491 e. The van der Waals surface area contributed by atoms with Crippen LogP contribution in [0.2, 0.25) is 5.02 Å². The third-order valence-corrected chi connectivity index (χ3v) is 6.38. The number of nitrogens with one attached hydrogen (secondary N) is 1. The molecule has 234 valence electrons. The Hall–Kier alpha value is -3.90. The number of fused-ring (bicyclic) bond motifs is 2. The molecule has 11 nitrogen and oxygen atoms in total. The van der Waals surface area contributed by atoms with Crippen LogP contribution in [0, 0.1) is 0 Å². The number of nitrogens with zero attached hydrogens (tertiary/aromatic N) is 1. The van der Waals surface area contributed by atoms with E-state index in [1.807, 2.05) is 12.1 Å². The normalized spacial score (nSPS) is 12.3. The van der Waals surface area contributed by atoms with Gasteiger partial charge in [-0.25, -0.2) is 14.4 Å². The number of carbonyl (C=O) groups is 3. The van der Waals surface area contributed by atoms with Crippen molar-refractivity contribution in [3.8, 4) is 5.75 Å². The molecule has 3 rings (SSSR count). The topological polar surface area (TPSA) is 155 Å². The Balaban J connectivity index is 0.000000708. The second-order valence-corrected chi connectivity index (χ2v) is 9.77. The fourth-order valence-corrected chi connectivity index (χ4v) is 4.39. The summed E-state index contributed by atoms with van der Waals surface area (Å²) >= 11 is 6.38. The predicted molar refractivity (Wildman–Crippen MR) is 164 cm³/mol. The Kier molecular flexibility index (Phi) is 16.5. The first-order chi connectivity index (χ1) is 20.7. The van der Waals surface area contributed by atoms with Gasteiger partial charge in [0.2, 0.25) is 0 Å². The SMILES string of the molecule is COCCOCCOc1ccc2c(c1)CCc1ccc(Cl)cc1N2CCCCNC/C=C/C(=O)O.O=C(O)/C=C\C(=O)O. The van der Waals surface area contributed by atoms with Crippen molar-refractivity contribution in [1.82, 2.24) is 5.32 Å². The number of aryl methyl sites for hydroxylation is 2. The molecule has 0 aromatic heterocycles. The Bertz CT molecular complexity index is 1230. The predicted octanol–water partition coefficient (Wildman–Crippen LogP) is 4.34. The summed E-state index contributed by atoms with van der Waals surface area (Å²) in [5.74, 6) is -2.59. The van der Waals surface area contributed by atoms with Gasteiger partial charge in [-0.1, -0.05) is 23.7 Å². The lowest BCUT2D eigenvalue weighted by Gasteiger charge is -2.27. The fraction of sp³-hybridized carbons (Fsp3) is 0.387. The lowest BCUT2D eigenvalue weighted by molar-refractivity contribution is -0.134. The number of rotatable bonds is 17. The zero-order valence-electron chi connectivity index (χ0n) is 24.2. The van der Waals surface area contributed by atoms with Crippen LogP contribution in [-0.2, 0) is 36.7 Å². The zero-order valence-corrected chi connectivity index (χ0v) is 24.9. The summed E-state index contributed by atoms with van der Waals surface area (Å²) in [7, 11) is 1.66. The number of halogens is 1. The zero-order chi connectivity index (χ0) is 31.5. The standard InChI is InChI=1S/C27H35ClN2O5.C4H4O4/c1-33-15-16-34-17-18-35-24-10-11-25-22(19-24)7-6-21-8-9-23(28)20-26(21)30(25)14-3-2-12-29-13-4-5-27(31)32;5-3(6)1-2-4(7)8/h4-5,8-11,19-20,29H,2-3,6-7,12-18H2,1H3,(H,31,32);1-2H,(H,5,6)(H,7,8)/b5-4+;2-1-. The monoisotopic (exact) mass is 618 g/mol. The van der Waals surface area contributed by atoms with Gasteiger partial charge in [0.15, 0.2) is 0 Å². The number of ether oxygens (including phenoxy) is 3. The summed E-state index contributed by atoms with van der Waals surface area (Å²) in [4.78, 5) is 32.0. The van der Waals surface area contributed by atoms with Gasteiger partial charge in [-0.2, -0.15) is 0 Å². The summed E-state index contributed by atoms with van der Waals surface area (Å²) in [6.07, 6.45) is 7.73. The van der Waals surface area contributed by atoms with Crippen LogP contribution in [0.1, 0.15) is 24.0 Å². The van der Waals surface area contributed by atoms with Crippen LogP contribution in [0.4, 0.5) is 11.4 Å². The average molecular weight is 619 g/mol. The second-order valence-electron chi connectivity index (χ2n) is 9.33. The third kappa shape index (κ3) is 14.2. The van der Waals surface area contributed by atoms with Crippen LogP contribution in [0.5, 0.6) is 5.75 Å². The number of benzene rings is 2. The van der Waals surface area contributed by atoms with Crippen molar-refractivity contribution in [3.63, 3.8) is 0 Å². The minimum atomic E-state index is -1.26. The van der Waals surface area contributed by atoms with E-state index in [4.69, 9.17) is 41.1 Å². The van der Waals surface area contributed by atoms with Gasteiger partial charge in [0.1, 0.15) is 12.4 Å². The van der Waals surface area contributed by atoms with Gasteiger partial charge in [-0.3, -0.25) is 0 Å². The van der Waals surface area contributed by atoms with Gasteiger partial charge in [0.25, 0.3) is 0 Å². The highest BCUT2D eigenvalue weighted by atomic mass is 35.5. The summed E-state index contributed by atoms with van der Waals surface area (Å²) < 4.78 is 16.4. The Morgan fingerprint density at radius 3 is 2.26 bits per heavy atom. The summed E-state index contributed by atoms with van der Waals surface area (Å²) in [5.41, 5.74) is 4.89. The third-order valence-electron chi connectivity index (χ3n) is 6.15. The lowest BCUT2D eigenvalue weighted by Crippen LogP contribution is -2.22. The maximum absolute atomic E-state index is 10.5. The number of carboxylic acid groups (broad SMARTS) is 3. The second kappa shape index (κ2) is 20.1. The van der Waals surface area contributed by atoms with E-state index in [-0.39, 0.29) is 0 Å². The Morgan fingerprint density at radius 2 is 1.56 bits per heavy atom. The maximum Gasteiger partial charge on any atom is 0.328 e. The largest absolute Gasteiger partial charge is 0.491 e. The van der Waals surface area contributed by atoms with E-state index in [2.05, 4.69) is 34.5 Å². The number of unbranched alkanes of at least 4 members (excludes halogenated alkanes) is 1. The van der Waals surface area contributed by atoms with E-state index in [0.717, 1.165) is 61.3 Å². The molecule has 0 fully saturated rings. The van der Waals surface area contributed by atoms with Gasteiger partial charge < -0.3 is 39.7 Å². The molecule has 0 unspecified atom stereocenters. The summed E-state index contributed by atoms with van der Waals surface area (Å²) in [6.45, 7) is 4.41. The van der Waals surface area contributed by atoms with Crippen LogP contribution < -0.4 is 15.0 Å².